The largest absolute Gasteiger partial charge is 0.493 e. The van der Waals surface area contributed by atoms with E-state index in [-0.39, 0.29) is 24.0 Å². The van der Waals surface area contributed by atoms with Crippen LogP contribution in [0.25, 0.3) is 0 Å². The number of rotatable bonds is 6. The Kier molecular flexibility index (Phi) is 7.55. The third-order valence-corrected chi connectivity index (χ3v) is 8.30. The van der Waals surface area contributed by atoms with E-state index in [4.69, 9.17) is 9.47 Å². The number of hydrogen-bond acceptors (Lipinski definition) is 5. The van der Waals surface area contributed by atoms with Gasteiger partial charge in [0.2, 0.25) is 5.91 Å². The number of methoxy groups -OCH3 is 2. The molecule has 5 rings (SSSR count). The minimum Gasteiger partial charge on any atom is -0.493 e. The van der Waals surface area contributed by atoms with Crippen molar-refractivity contribution in [1.82, 2.24) is 14.7 Å². The van der Waals surface area contributed by atoms with Gasteiger partial charge in [0.05, 0.1) is 26.3 Å². The molecule has 3 atom stereocenters. The predicted octanol–water partition coefficient (Wildman–Crippen LogP) is 4.33. The van der Waals surface area contributed by atoms with Crippen LogP contribution in [0.5, 0.6) is 11.5 Å². The number of carboxylic acid groups (broad SMARTS) is 1. The van der Waals surface area contributed by atoms with Gasteiger partial charge in [-0.3, -0.25) is 14.6 Å². The lowest BCUT2D eigenvalue weighted by Crippen LogP contribution is -2.63. The van der Waals surface area contributed by atoms with Gasteiger partial charge in [-0.15, -0.1) is 0 Å². The number of nitrogens with zero attached hydrogens (tertiary/aromatic N) is 3. The summed E-state index contributed by atoms with van der Waals surface area (Å²) >= 11 is 0. The van der Waals surface area contributed by atoms with Crippen molar-refractivity contribution in [1.29, 1.82) is 0 Å². The van der Waals surface area contributed by atoms with Crippen molar-refractivity contribution in [2.75, 3.05) is 33.9 Å². The normalized spacial score (nSPS) is 24.0. The van der Waals surface area contributed by atoms with E-state index in [2.05, 4.69) is 17.0 Å². The second-order valence-corrected chi connectivity index (χ2v) is 10.3. The van der Waals surface area contributed by atoms with E-state index in [1.54, 1.807) is 19.1 Å². The second kappa shape index (κ2) is 11.0. The molecule has 37 heavy (non-hydrogen) atoms. The molecule has 198 valence electrons. The van der Waals surface area contributed by atoms with Crippen LogP contribution < -0.4 is 9.47 Å². The third-order valence-electron chi connectivity index (χ3n) is 8.30. The summed E-state index contributed by atoms with van der Waals surface area (Å²) in [4.78, 5) is 32.0. The molecule has 0 aliphatic carbocycles. The van der Waals surface area contributed by atoms with E-state index in [0.717, 1.165) is 37.8 Å². The molecule has 3 aliphatic rings. The first-order valence-electron chi connectivity index (χ1n) is 13.3. The third kappa shape index (κ3) is 5.12. The van der Waals surface area contributed by atoms with E-state index in [1.165, 1.54) is 11.1 Å². The maximum Gasteiger partial charge on any atom is 0.407 e. The Morgan fingerprint density at radius 3 is 2.51 bits per heavy atom. The van der Waals surface area contributed by atoms with Gasteiger partial charge in [-0.05, 0) is 54.5 Å². The fourth-order valence-corrected chi connectivity index (χ4v) is 6.42. The number of benzene rings is 2. The predicted molar refractivity (Wildman–Crippen MR) is 140 cm³/mol. The van der Waals surface area contributed by atoms with Crippen LogP contribution in [0.1, 0.15) is 54.8 Å². The average molecular weight is 508 g/mol. The van der Waals surface area contributed by atoms with Gasteiger partial charge in [-0.2, -0.15) is 0 Å². The lowest BCUT2D eigenvalue weighted by molar-refractivity contribution is -0.137. The zero-order valence-electron chi connectivity index (χ0n) is 21.8. The fraction of sp³-hybridized carbons (Fsp3) is 0.517. The van der Waals surface area contributed by atoms with E-state index >= 15 is 0 Å². The summed E-state index contributed by atoms with van der Waals surface area (Å²) in [7, 11) is 3.29. The Hall–Kier alpha value is -3.26. The second-order valence-electron chi connectivity index (χ2n) is 10.3. The Morgan fingerprint density at radius 1 is 1.03 bits per heavy atom. The quantitative estimate of drug-likeness (QED) is 0.627. The summed E-state index contributed by atoms with van der Waals surface area (Å²) in [6.45, 7) is 2.52. The number of piperidine rings is 1. The van der Waals surface area contributed by atoms with Crippen molar-refractivity contribution >= 4 is 12.0 Å². The summed E-state index contributed by atoms with van der Waals surface area (Å²) in [5.74, 6) is 1.55. The maximum atomic E-state index is 13.2. The molecular formula is C29H37N3O5. The molecule has 2 aromatic rings. The van der Waals surface area contributed by atoms with Gasteiger partial charge in [-0.1, -0.05) is 36.8 Å². The van der Waals surface area contributed by atoms with Crippen molar-refractivity contribution < 1.29 is 24.2 Å². The molecule has 0 bridgehead atoms. The van der Waals surface area contributed by atoms with E-state index < -0.39 is 6.09 Å². The lowest BCUT2D eigenvalue weighted by atomic mass is 9.81. The number of likely N-dealkylation sites (tertiary alicyclic amines) is 1. The van der Waals surface area contributed by atoms with Gasteiger partial charge >= 0.3 is 6.09 Å². The number of amides is 2. The Labute approximate surface area is 218 Å². The summed E-state index contributed by atoms with van der Waals surface area (Å²) in [5.41, 5.74) is 3.33. The molecule has 3 aliphatic heterocycles. The first kappa shape index (κ1) is 25.4. The minimum atomic E-state index is -0.946. The molecule has 8 heteroatoms. The van der Waals surface area contributed by atoms with Crippen LogP contribution >= 0.6 is 0 Å². The Bertz CT molecular complexity index is 1120. The van der Waals surface area contributed by atoms with Gasteiger partial charge < -0.3 is 19.5 Å². The van der Waals surface area contributed by atoms with Crippen LogP contribution in [0.3, 0.4) is 0 Å². The fourth-order valence-electron chi connectivity index (χ4n) is 6.42. The zero-order valence-corrected chi connectivity index (χ0v) is 21.8. The van der Waals surface area contributed by atoms with Gasteiger partial charge in [0.1, 0.15) is 0 Å². The number of fused-ring (bicyclic) bond motifs is 3. The van der Waals surface area contributed by atoms with E-state index in [0.29, 0.717) is 44.0 Å². The average Bonchev–Trinajstić information content (AvgIpc) is 3.14. The highest BCUT2D eigenvalue weighted by atomic mass is 16.5. The Balaban J connectivity index is 1.53. The molecule has 0 saturated carbocycles. The SMILES string of the molecule is COc1cc2c(cc1OC)C1CC(N(Cc3ccccc3)C(=O)O)C(N3CCCCCC3=O)CN1CC2. The number of carbonyl (C=O) groups is 2. The monoisotopic (exact) mass is 507 g/mol. The van der Waals surface area contributed by atoms with Gasteiger partial charge in [0.15, 0.2) is 11.5 Å². The van der Waals surface area contributed by atoms with Crippen molar-refractivity contribution in [3.05, 3.63) is 59.2 Å². The van der Waals surface area contributed by atoms with Crippen molar-refractivity contribution in [3.63, 3.8) is 0 Å². The van der Waals surface area contributed by atoms with Crippen LogP contribution in [-0.4, -0.2) is 77.7 Å². The summed E-state index contributed by atoms with van der Waals surface area (Å²) in [6, 6.07) is 13.4. The molecule has 2 saturated heterocycles. The van der Waals surface area contributed by atoms with Gasteiger partial charge in [0.25, 0.3) is 0 Å². The van der Waals surface area contributed by atoms with Crippen LogP contribution in [0.2, 0.25) is 0 Å². The van der Waals surface area contributed by atoms with Crippen LogP contribution in [0.4, 0.5) is 4.79 Å². The summed E-state index contributed by atoms with van der Waals surface area (Å²) in [6.07, 6.45) is 3.99. The van der Waals surface area contributed by atoms with Gasteiger partial charge in [0, 0.05) is 38.6 Å². The first-order chi connectivity index (χ1) is 18.0. The summed E-state index contributed by atoms with van der Waals surface area (Å²) < 4.78 is 11.2. The van der Waals surface area contributed by atoms with Crippen LogP contribution in [0.15, 0.2) is 42.5 Å². The highest BCUT2D eigenvalue weighted by Gasteiger charge is 2.46. The highest BCUT2D eigenvalue weighted by Crippen LogP contribution is 2.44. The number of carbonyl (C=O) groups excluding carboxylic acids is 1. The lowest BCUT2D eigenvalue weighted by Gasteiger charge is -2.52. The zero-order chi connectivity index (χ0) is 25.9. The van der Waals surface area contributed by atoms with E-state index in [1.807, 2.05) is 35.2 Å². The van der Waals surface area contributed by atoms with Crippen LogP contribution in [-0.2, 0) is 17.8 Å². The molecule has 0 aromatic heterocycles. The van der Waals surface area contributed by atoms with Crippen molar-refractivity contribution in [3.8, 4) is 11.5 Å². The molecule has 2 amide bonds. The molecule has 0 spiro atoms. The van der Waals surface area contributed by atoms with E-state index in [9.17, 15) is 14.7 Å². The molecular weight excluding hydrogens is 470 g/mol. The summed E-state index contributed by atoms with van der Waals surface area (Å²) in [5, 5.41) is 10.4. The standard InChI is InChI=1S/C29H37N3O5/c1-36-26-15-21-12-14-30-19-25(31-13-8-4-7-11-28(31)33)24(17-23(30)22(21)16-27(26)37-2)32(29(34)35)18-20-9-5-3-6-10-20/h3,5-6,9-10,15-16,23-25H,4,7-8,11-14,17-19H2,1-2H3,(H,34,35). The molecule has 2 fully saturated rings. The number of hydrogen-bond donors (Lipinski definition) is 1. The first-order valence-corrected chi connectivity index (χ1v) is 13.3. The molecule has 0 radical (unpaired) electrons. The molecule has 2 aromatic carbocycles. The minimum absolute atomic E-state index is 0.0458. The molecule has 3 unspecified atom stereocenters. The smallest absolute Gasteiger partial charge is 0.407 e. The maximum absolute atomic E-state index is 13.2. The molecule has 3 heterocycles. The molecule has 8 nitrogen and oxygen atoms in total. The van der Waals surface area contributed by atoms with Crippen molar-refractivity contribution in [2.45, 2.75) is 63.2 Å². The molecule has 1 N–H and O–H groups in total. The van der Waals surface area contributed by atoms with Crippen molar-refractivity contribution in [2.24, 2.45) is 0 Å². The topological polar surface area (TPSA) is 82.5 Å². The Morgan fingerprint density at radius 2 is 1.78 bits per heavy atom. The highest BCUT2D eigenvalue weighted by molar-refractivity contribution is 5.77. The number of ether oxygens (including phenoxy) is 2. The van der Waals surface area contributed by atoms with Crippen LogP contribution in [0, 0.1) is 0 Å². The van der Waals surface area contributed by atoms with Gasteiger partial charge in [-0.25, -0.2) is 4.79 Å².